The number of hydrogen-bond donors (Lipinski definition) is 1. The normalized spacial score (nSPS) is 14.9. The average Bonchev–Trinajstić information content (AvgIpc) is 2.39. The Bertz CT molecular complexity index is 423. The van der Waals surface area contributed by atoms with E-state index in [2.05, 4.69) is 21.2 Å². The molecule has 18 heavy (non-hydrogen) atoms. The van der Waals surface area contributed by atoms with Gasteiger partial charge < -0.3 is 15.0 Å². The van der Waals surface area contributed by atoms with Crippen LogP contribution in [0.4, 0.5) is 0 Å². The Balaban J connectivity index is 0.00000162. The summed E-state index contributed by atoms with van der Waals surface area (Å²) in [6.45, 7) is 3.19. The van der Waals surface area contributed by atoms with Crippen LogP contribution in [0.3, 0.4) is 0 Å². The van der Waals surface area contributed by atoms with Crippen LogP contribution in [0.2, 0.25) is 0 Å². The van der Waals surface area contributed by atoms with Crippen LogP contribution in [0.25, 0.3) is 0 Å². The summed E-state index contributed by atoms with van der Waals surface area (Å²) in [4.78, 5) is 14.2. The number of nitrogens with zero attached hydrogens (tertiary/aromatic N) is 1. The van der Waals surface area contributed by atoms with Gasteiger partial charge >= 0.3 is 0 Å². The van der Waals surface area contributed by atoms with E-state index >= 15 is 0 Å². The highest BCUT2D eigenvalue weighted by Crippen LogP contribution is 2.24. The molecule has 4 nitrogen and oxygen atoms in total. The largest absolute Gasteiger partial charge is 0.496 e. The molecule has 1 saturated heterocycles. The third-order valence-corrected chi connectivity index (χ3v) is 3.29. The number of carbonyl (C=O) groups excluding carboxylic acids is 1. The molecule has 0 saturated carbocycles. The fourth-order valence-corrected chi connectivity index (χ4v) is 2.25. The van der Waals surface area contributed by atoms with Crippen LogP contribution in [0, 0.1) is 0 Å². The van der Waals surface area contributed by atoms with E-state index in [4.69, 9.17) is 4.74 Å². The molecule has 1 amide bonds. The van der Waals surface area contributed by atoms with Crippen molar-refractivity contribution in [3.8, 4) is 5.75 Å². The first kappa shape index (κ1) is 15.3. The van der Waals surface area contributed by atoms with Crippen molar-refractivity contribution >= 4 is 34.2 Å². The summed E-state index contributed by atoms with van der Waals surface area (Å²) in [5.41, 5.74) is 0.615. The zero-order valence-electron chi connectivity index (χ0n) is 10.1. The van der Waals surface area contributed by atoms with Crippen molar-refractivity contribution in [1.82, 2.24) is 10.2 Å². The number of rotatable bonds is 2. The standard InChI is InChI=1S/C12H15BrN2O2.ClH/c1-17-11-3-2-9(13)8-10(11)12(16)15-6-4-14-5-7-15;/h2-3,8,14H,4-7H2,1H3;1H. The predicted molar refractivity (Wildman–Crippen MR) is 76.7 cm³/mol. The molecule has 1 aromatic carbocycles. The summed E-state index contributed by atoms with van der Waals surface area (Å²) < 4.78 is 6.11. The molecule has 0 aliphatic carbocycles. The van der Waals surface area contributed by atoms with Crippen LogP contribution in [-0.4, -0.2) is 44.1 Å². The molecule has 0 atom stereocenters. The van der Waals surface area contributed by atoms with Crippen LogP contribution in [0.15, 0.2) is 22.7 Å². The first-order chi connectivity index (χ1) is 8.22. The molecule has 1 aliphatic heterocycles. The monoisotopic (exact) mass is 334 g/mol. The zero-order chi connectivity index (χ0) is 12.3. The lowest BCUT2D eigenvalue weighted by Gasteiger charge is -2.28. The number of amides is 1. The Morgan fingerprint density at radius 2 is 2.06 bits per heavy atom. The van der Waals surface area contributed by atoms with Gasteiger partial charge in [-0.3, -0.25) is 4.79 Å². The van der Waals surface area contributed by atoms with Gasteiger partial charge in [-0.25, -0.2) is 0 Å². The van der Waals surface area contributed by atoms with Crippen LogP contribution in [0.5, 0.6) is 5.75 Å². The molecular weight excluding hydrogens is 320 g/mol. The second-order valence-electron chi connectivity index (χ2n) is 3.89. The lowest BCUT2D eigenvalue weighted by molar-refractivity contribution is 0.0732. The van der Waals surface area contributed by atoms with Gasteiger partial charge in [0, 0.05) is 30.7 Å². The van der Waals surface area contributed by atoms with Crippen molar-refractivity contribution in [3.63, 3.8) is 0 Å². The van der Waals surface area contributed by atoms with Gasteiger partial charge in [-0.15, -0.1) is 12.4 Å². The molecule has 0 aromatic heterocycles. The maximum absolute atomic E-state index is 12.3. The number of carbonyl (C=O) groups is 1. The van der Waals surface area contributed by atoms with Crippen LogP contribution in [0.1, 0.15) is 10.4 Å². The minimum atomic E-state index is 0. The third kappa shape index (κ3) is 3.37. The van der Waals surface area contributed by atoms with Gasteiger partial charge in [-0.05, 0) is 18.2 Å². The Labute approximate surface area is 121 Å². The van der Waals surface area contributed by atoms with E-state index < -0.39 is 0 Å². The molecule has 0 unspecified atom stereocenters. The molecular formula is C12H16BrClN2O2. The van der Waals surface area contributed by atoms with E-state index in [9.17, 15) is 4.79 Å². The first-order valence-corrected chi connectivity index (χ1v) is 6.35. The van der Waals surface area contributed by atoms with E-state index in [0.717, 1.165) is 30.7 Å². The van der Waals surface area contributed by atoms with Crippen molar-refractivity contribution in [2.75, 3.05) is 33.3 Å². The van der Waals surface area contributed by atoms with E-state index in [0.29, 0.717) is 11.3 Å². The highest BCUT2D eigenvalue weighted by Gasteiger charge is 2.21. The molecule has 0 radical (unpaired) electrons. The molecule has 1 aliphatic rings. The van der Waals surface area contributed by atoms with Crippen LogP contribution in [-0.2, 0) is 0 Å². The Hall–Kier alpha value is -0.780. The predicted octanol–water partition coefficient (Wildman–Crippen LogP) is 1.92. The average molecular weight is 336 g/mol. The van der Waals surface area contributed by atoms with Crippen molar-refractivity contribution in [2.45, 2.75) is 0 Å². The van der Waals surface area contributed by atoms with E-state index in [1.807, 2.05) is 17.0 Å². The number of hydrogen-bond acceptors (Lipinski definition) is 3. The second-order valence-corrected chi connectivity index (χ2v) is 4.80. The molecule has 100 valence electrons. The van der Waals surface area contributed by atoms with Gasteiger partial charge in [0.25, 0.3) is 5.91 Å². The highest BCUT2D eigenvalue weighted by atomic mass is 79.9. The van der Waals surface area contributed by atoms with Gasteiger partial charge in [0.1, 0.15) is 5.75 Å². The third-order valence-electron chi connectivity index (χ3n) is 2.80. The van der Waals surface area contributed by atoms with Crippen molar-refractivity contribution in [3.05, 3.63) is 28.2 Å². The van der Waals surface area contributed by atoms with Crippen molar-refractivity contribution < 1.29 is 9.53 Å². The summed E-state index contributed by atoms with van der Waals surface area (Å²) in [6.07, 6.45) is 0. The van der Waals surface area contributed by atoms with Crippen molar-refractivity contribution in [1.29, 1.82) is 0 Å². The lowest BCUT2D eigenvalue weighted by Crippen LogP contribution is -2.46. The zero-order valence-corrected chi connectivity index (χ0v) is 12.5. The smallest absolute Gasteiger partial charge is 0.257 e. The van der Waals surface area contributed by atoms with Crippen LogP contribution >= 0.6 is 28.3 Å². The Kier molecular flexibility index (Phi) is 5.91. The summed E-state index contributed by atoms with van der Waals surface area (Å²) in [6, 6.07) is 5.48. The quantitative estimate of drug-likeness (QED) is 0.898. The number of piperazine rings is 1. The fraction of sp³-hybridized carbons (Fsp3) is 0.417. The first-order valence-electron chi connectivity index (χ1n) is 5.56. The van der Waals surface area contributed by atoms with Gasteiger partial charge in [-0.1, -0.05) is 15.9 Å². The topological polar surface area (TPSA) is 41.6 Å². The van der Waals surface area contributed by atoms with Gasteiger partial charge in [0.05, 0.1) is 12.7 Å². The second kappa shape index (κ2) is 6.97. The highest BCUT2D eigenvalue weighted by molar-refractivity contribution is 9.10. The Morgan fingerprint density at radius 1 is 1.39 bits per heavy atom. The molecule has 1 N–H and O–H groups in total. The van der Waals surface area contributed by atoms with Gasteiger partial charge in [-0.2, -0.15) is 0 Å². The molecule has 1 heterocycles. The van der Waals surface area contributed by atoms with E-state index in [1.165, 1.54) is 0 Å². The molecule has 6 heteroatoms. The number of ether oxygens (including phenoxy) is 1. The summed E-state index contributed by atoms with van der Waals surface area (Å²) in [5, 5.41) is 3.23. The number of benzene rings is 1. The molecule has 2 rings (SSSR count). The minimum absolute atomic E-state index is 0. The molecule has 1 aromatic rings. The van der Waals surface area contributed by atoms with E-state index in [-0.39, 0.29) is 18.3 Å². The van der Waals surface area contributed by atoms with Gasteiger partial charge in [0.2, 0.25) is 0 Å². The van der Waals surface area contributed by atoms with Gasteiger partial charge in [0.15, 0.2) is 0 Å². The van der Waals surface area contributed by atoms with Crippen LogP contribution < -0.4 is 10.1 Å². The summed E-state index contributed by atoms with van der Waals surface area (Å²) >= 11 is 3.38. The molecule has 0 spiro atoms. The number of halogens is 2. The summed E-state index contributed by atoms with van der Waals surface area (Å²) in [7, 11) is 1.58. The number of methoxy groups -OCH3 is 1. The molecule has 0 bridgehead atoms. The fourth-order valence-electron chi connectivity index (χ4n) is 1.89. The molecule has 1 fully saturated rings. The van der Waals surface area contributed by atoms with E-state index in [1.54, 1.807) is 13.2 Å². The summed E-state index contributed by atoms with van der Waals surface area (Å²) in [5.74, 6) is 0.654. The van der Waals surface area contributed by atoms with Crippen molar-refractivity contribution in [2.24, 2.45) is 0 Å². The Morgan fingerprint density at radius 3 is 2.67 bits per heavy atom. The maximum Gasteiger partial charge on any atom is 0.257 e. The maximum atomic E-state index is 12.3. The lowest BCUT2D eigenvalue weighted by atomic mass is 10.1. The minimum Gasteiger partial charge on any atom is -0.496 e. The SMILES string of the molecule is COc1ccc(Br)cc1C(=O)N1CCNCC1.Cl. The number of nitrogens with one attached hydrogen (secondary N) is 1.